The largest absolute Gasteiger partial charge is 0.392 e. The summed E-state index contributed by atoms with van der Waals surface area (Å²) in [6, 6.07) is 4.50. The third kappa shape index (κ3) is 3.72. The van der Waals surface area contributed by atoms with Crippen molar-refractivity contribution in [2.75, 3.05) is 11.4 Å². The molecule has 1 aromatic heterocycles. The highest BCUT2D eigenvalue weighted by molar-refractivity contribution is 5.45. The van der Waals surface area contributed by atoms with Gasteiger partial charge in [-0.3, -0.25) is 0 Å². The van der Waals surface area contributed by atoms with Crippen LogP contribution in [0, 0.1) is 5.92 Å². The molecule has 112 valence electrons. The van der Waals surface area contributed by atoms with E-state index in [1.165, 1.54) is 12.8 Å². The van der Waals surface area contributed by atoms with Gasteiger partial charge in [0.2, 0.25) is 0 Å². The van der Waals surface area contributed by atoms with E-state index in [2.05, 4.69) is 39.5 Å². The molecule has 0 radical (unpaired) electrons. The Morgan fingerprint density at radius 1 is 1.30 bits per heavy atom. The number of pyridine rings is 1. The zero-order valence-corrected chi connectivity index (χ0v) is 13.5. The summed E-state index contributed by atoms with van der Waals surface area (Å²) >= 11 is 0. The van der Waals surface area contributed by atoms with Gasteiger partial charge in [0.25, 0.3) is 0 Å². The maximum atomic E-state index is 9.52. The standard InChI is InChI=1S/C17H28N2O/c1-12(2)19(10-13-6-7-13)16-9-14(11-20)8-15(18-16)17(3,4)5/h8-9,12-13,20H,6-7,10-11H2,1-5H3. The van der Waals surface area contributed by atoms with Crippen molar-refractivity contribution in [3.8, 4) is 0 Å². The molecule has 20 heavy (non-hydrogen) atoms. The molecular formula is C17H28N2O. The fraction of sp³-hybridized carbons (Fsp3) is 0.706. The van der Waals surface area contributed by atoms with Gasteiger partial charge in [-0.15, -0.1) is 0 Å². The maximum absolute atomic E-state index is 9.52. The van der Waals surface area contributed by atoms with E-state index in [1.54, 1.807) is 0 Å². The van der Waals surface area contributed by atoms with Crippen molar-refractivity contribution in [2.45, 2.75) is 65.5 Å². The number of rotatable bonds is 5. The average molecular weight is 276 g/mol. The molecule has 0 aliphatic heterocycles. The van der Waals surface area contributed by atoms with Crippen LogP contribution in [-0.2, 0) is 12.0 Å². The summed E-state index contributed by atoms with van der Waals surface area (Å²) in [6.07, 6.45) is 2.68. The fourth-order valence-electron chi connectivity index (χ4n) is 2.34. The van der Waals surface area contributed by atoms with Crippen molar-refractivity contribution in [3.63, 3.8) is 0 Å². The van der Waals surface area contributed by atoms with Crippen molar-refractivity contribution in [2.24, 2.45) is 5.92 Å². The minimum Gasteiger partial charge on any atom is -0.392 e. The van der Waals surface area contributed by atoms with E-state index in [0.717, 1.165) is 29.5 Å². The summed E-state index contributed by atoms with van der Waals surface area (Å²) in [4.78, 5) is 7.25. The molecule has 0 bridgehead atoms. The highest BCUT2D eigenvalue weighted by Crippen LogP contribution is 2.33. The Morgan fingerprint density at radius 2 is 1.95 bits per heavy atom. The topological polar surface area (TPSA) is 36.4 Å². The molecule has 2 rings (SSSR count). The summed E-state index contributed by atoms with van der Waals surface area (Å²) in [5.41, 5.74) is 2.02. The van der Waals surface area contributed by atoms with Gasteiger partial charge in [-0.1, -0.05) is 20.8 Å². The van der Waals surface area contributed by atoms with Crippen LogP contribution in [0.25, 0.3) is 0 Å². The van der Waals surface area contributed by atoms with E-state index in [0.29, 0.717) is 6.04 Å². The molecule has 0 aromatic carbocycles. The van der Waals surface area contributed by atoms with Crippen molar-refractivity contribution in [3.05, 3.63) is 23.4 Å². The summed E-state index contributed by atoms with van der Waals surface area (Å²) in [5.74, 6) is 1.85. The van der Waals surface area contributed by atoms with Crippen molar-refractivity contribution in [1.29, 1.82) is 0 Å². The summed E-state index contributed by atoms with van der Waals surface area (Å²) < 4.78 is 0. The van der Waals surface area contributed by atoms with Crippen LogP contribution in [0.4, 0.5) is 5.82 Å². The number of aliphatic hydroxyl groups is 1. The monoisotopic (exact) mass is 276 g/mol. The van der Waals surface area contributed by atoms with Gasteiger partial charge in [-0.05, 0) is 50.3 Å². The Hall–Kier alpha value is -1.09. The second-order valence-electron chi connectivity index (χ2n) is 7.32. The van der Waals surface area contributed by atoms with Gasteiger partial charge in [0.05, 0.1) is 6.61 Å². The lowest BCUT2D eigenvalue weighted by atomic mass is 9.90. The molecule has 1 aromatic rings. The van der Waals surface area contributed by atoms with Crippen molar-refractivity contribution in [1.82, 2.24) is 4.98 Å². The number of anilines is 1. The minimum atomic E-state index is 0.00214. The van der Waals surface area contributed by atoms with Crippen LogP contribution in [-0.4, -0.2) is 22.7 Å². The average Bonchev–Trinajstić information content (AvgIpc) is 3.17. The highest BCUT2D eigenvalue weighted by atomic mass is 16.3. The Labute approximate surface area is 123 Å². The molecule has 3 nitrogen and oxygen atoms in total. The Bertz CT molecular complexity index is 459. The predicted molar refractivity (Wildman–Crippen MR) is 84.1 cm³/mol. The molecule has 0 saturated heterocycles. The van der Waals surface area contributed by atoms with Crippen molar-refractivity contribution < 1.29 is 5.11 Å². The van der Waals surface area contributed by atoms with E-state index >= 15 is 0 Å². The van der Waals surface area contributed by atoms with Crippen LogP contribution in [0.15, 0.2) is 12.1 Å². The van der Waals surface area contributed by atoms with Crippen LogP contribution in [0.1, 0.15) is 58.7 Å². The molecule has 1 saturated carbocycles. The predicted octanol–water partition coefficient (Wildman–Crippen LogP) is 3.50. The molecule has 1 heterocycles. The summed E-state index contributed by atoms with van der Waals surface area (Å²) in [5, 5.41) is 9.52. The number of aromatic nitrogens is 1. The normalized spacial score (nSPS) is 15.8. The third-order valence-corrected chi connectivity index (χ3v) is 3.89. The maximum Gasteiger partial charge on any atom is 0.129 e. The first kappa shape index (κ1) is 15.3. The molecule has 0 atom stereocenters. The zero-order valence-electron chi connectivity index (χ0n) is 13.5. The van der Waals surface area contributed by atoms with Crippen LogP contribution in [0.2, 0.25) is 0 Å². The van der Waals surface area contributed by atoms with Gasteiger partial charge in [0.15, 0.2) is 0 Å². The van der Waals surface area contributed by atoms with Gasteiger partial charge >= 0.3 is 0 Å². The van der Waals surface area contributed by atoms with E-state index < -0.39 is 0 Å². The lowest BCUT2D eigenvalue weighted by Gasteiger charge is -2.30. The first-order chi connectivity index (χ1) is 9.31. The Morgan fingerprint density at radius 3 is 2.40 bits per heavy atom. The quantitative estimate of drug-likeness (QED) is 0.894. The van der Waals surface area contributed by atoms with Gasteiger partial charge in [-0.2, -0.15) is 0 Å². The molecule has 1 fully saturated rings. The first-order valence-electron chi connectivity index (χ1n) is 7.70. The van der Waals surface area contributed by atoms with Crippen LogP contribution in [0.5, 0.6) is 0 Å². The van der Waals surface area contributed by atoms with Crippen LogP contribution in [0.3, 0.4) is 0 Å². The van der Waals surface area contributed by atoms with E-state index in [4.69, 9.17) is 4.98 Å². The van der Waals surface area contributed by atoms with Gasteiger partial charge in [0.1, 0.15) is 5.82 Å². The molecule has 0 amide bonds. The molecule has 1 aliphatic carbocycles. The van der Waals surface area contributed by atoms with Gasteiger partial charge in [-0.25, -0.2) is 4.98 Å². The molecule has 1 N–H and O–H groups in total. The number of aliphatic hydroxyl groups excluding tert-OH is 1. The number of hydrogen-bond donors (Lipinski definition) is 1. The van der Waals surface area contributed by atoms with Gasteiger partial charge < -0.3 is 10.0 Å². The highest BCUT2D eigenvalue weighted by Gasteiger charge is 2.27. The number of nitrogens with zero attached hydrogens (tertiary/aromatic N) is 2. The zero-order chi connectivity index (χ0) is 14.9. The van der Waals surface area contributed by atoms with Crippen molar-refractivity contribution >= 4 is 5.82 Å². The lowest BCUT2D eigenvalue weighted by Crippen LogP contribution is -2.34. The fourth-order valence-corrected chi connectivity index (χ4v) is 2.34. The van der Waals surface area contributed by atoms with Crippen LogP contribution >= 0.6 is 0 Å². The van der Waals surface area contributed by atoms with Crippen LogP contribution < -0.4 is 4.90 Å². The lowest BCUT2D eigenvalue weighted by molar-refractivity contribution is 0.281. The summed E-state index contributed by atoms with van der Waals surface area (Å²) in [6.45, 7) is 12.1. The molecule has 0 unspecified atom stereocenters. The van der Waals surface area contributed by atoms with E-state index in [1.807, 2.05) is 12.1 Å². The first-order valence-corrected chi connectivity index (χ1v) is 7.70. The summed E-state index contributed by atoms with van der Waals surface area (Å²) in [7, 11) is 0. The Balaban J connectivity index is 2.36. The van der Waals surface area contributed by atoms with Gasteiger partial charge in [0, 0.05) is 23.7 Å². The molecule has 1 aliphatic rings. The van der Waals surface area contributed by atoms with E-state index in [9.17, 15) is 5.11 Å². The molecular weight excluding hydrogens is 248 g/mol. The second kappa shape index (κ2) is 5.72. The SMILES string of the molecule is CC(C)N(CC1CC1)c1cc(CO)cc(C(C)(C)C)n1. The Kier molecular flexibility index (Phi) is 4.38. The smallest absolute Gasteiger partial charge is 0.129 e. The second-order valence-corrected chi connectivity index (χ2v) is 7.32. The molecule has 3 heteroatoms. The minimum absolute atomic E-state index is 0.00214. The van der Waals surface area contributed by atoms with E-state index in [-0.39, 0.29) is 12.0 Å². The third-order valence-electron chi connectivity index (χ3n) is 3.89. The number of hydrogen-bond acceptors (Lipinski definition) is 3. The molecule has 0 spiro atoms.